The van der Waals surface area contributed by atoms with Crippen molar-refractivity contribution >= 4 is 17.7 Å². The van der Waals surface area contributed by atoms with Gasteiger partial charge in [-0.15, -0.1) is 0 Å². The van der Waals surface area contributed by atoms with Crippen LogP contribution < -0.4 is 20.3 Å². The number of aryl methyl sites for hydroxylation is 1. The SMILES string of the molecule is CCOc1ccc(/C=C/C(=O)NCCCCn2cc([N+](=O)[O-])ccc2=O)cc1OC. The summed E-state index contributed by atoms with van der Waals surface area (Å²) in [5, 5.41) is 13.6. The van der Waals surface area contributed by atoms with E-state index in [1.807, 2.05) is 13.0 Å². The van der Waals surface area contributed by atoms with E-state index >= 15 is 0 Å². The van der Waals surface area contributed by atoms with E-state index in [2.05, 4.69) is 5.32 Å². The quantitative estimate of drug-likeness (QED) is 0.261. The van der Waals surface area contributed by atoms with Crippen LogP contribution in [0.5, 0.6) is 11.5 Å². The number of rotatable bonds is 11. The first-order valence-corrected chi connectivity index (χ1v) is 9.56. The van der Waals surface area contributed by atoms with Crippen LogP contribution in [0.25, 0.3) is 6.08 Å². The third-order valence-corrected chi connectivity index (χ3v) is 4.22. The highest BCUT2D eigenvalue weighted by molar-refractivity contribution is 5.91. The molecule has 1 aromatic heterocycles. The first-order chi connectivity index (χ1) is 14.4. The summed E-state index contributed by atoms with van der Waals surface area (Å²) >= 11 is 0. The number of carbonyl (C=O) groups is 1. The van der Waals surface area contributed by atoms with E-state index in [4.69, 9.17) is 9.47 Å². The van der Waals surface area contributed by atoms with Gasteiger partial charge >= 0.3 is 0 Å². The second-order valence-electron chi connectivity index (χ2n) is 6.35. The van der Waals surface area contributed by atoms with Crippen molar-refractivity contribution in [1.29, 1.82) is 0 Å². The van der Waals surface area contributed by atoms with E-state index in [-0.39, 0.29) is 17.2 Å². The predicted octanol–water partition coefficient (Wildman–Crippen LogP) is 2.77. The number of benzene rings is 1. The van der Waals surface area contributed by atoms with Crippen molar-refractivity contribution < 1.29 is 19.2 Å². The normalized spacial score (nSPS) is 10.7. The second kappa shape index (κ2) is 11.4. The molecule has 0 fully saturated rings. The standard InChI is InChI=1S/C21H25N3O6/c1-3-30-18-9-6-16(14-19(18)29-2)7-10-20(25)22-12-4-5-13-23-15-17(24(27)28)8-11-21(23)26/h6-11,14-15H,3-5,12-13H2,1-2H3,(H,22,25)/b10-7+. The average Bonchev–Trinajstić information content (AvgIpc) is 2.73. The maximum Gasteiger partial charge on any atom is 0.285 e. The van der Waals surface area contributed by atoms with Gasteiger partial charge in [-0.2, -0.15) is 0 Å². The Kier molecular flexibility index (Phi) is 8.61. The van der Waals surface area contributed by atoms with E-state index in [0.717, 1.165) is 5.56 Å². The Morgan fingerprint density at radius 3 is 2.73 bits per heavy atom. The van der Waals surface area contributed by atoms with Gasteiger partial charge in [0.25, 0.3) is 11.2 Å². The summed E-state index contributed by atoms with van der Waals surface area (Å²) in [7, 11) is 1.56. The number of nitro groups is 1. The first kappa shape index (κ1) is 22.7. The van der Waals surface area contributed by atoms with E-state index in [1.54, 1.807) is 25.3 Å². The van der Waals surface area contributed by atoms with Gasteiger partial charge in [0, 0.05) is 31.3 Å². The molecule has 1 amide bonds. The Hall–Kier alpha value is -3.62. The Morgan fingerprint density at radius 1 is 1.23 bits per heavy atom. The maximum absolute atomic E-state index is 12.0. The Labute approximate surface area is 174 Å². The number of ether oxygens (including phenoxy) is 2. The van der Waals surface area contributed by atoms with Gasteiger partial charge in [0.2, 0.25) is 5.91 Å². The highest BCUT2D eigenvalue weighted by atomic mass is 16.6. The summed E-state index contributed by atoms with van der Waals surface area (Å²) in [6, 6.07) is 7.77. The van der Waals surface area contributed by atoms with E-state index < -0.39 is 4.92 Å². The lowest BCUT2D eigenvalue weighted by atomic mass is 10.2. The summed E-state index contributed by atoms with van der Waals surface area (Å²) in [6.45, 7) is 3.20. The van der Waals surface area contributed by atoms with Crippen molar-refractivity contribution in [2.75, 3.05) is 20.3 Å². The summed E-state index contributed by atoms with van der Waals surface area (Å²) in [6.07, 6.45) is 5.57. The molecule has 9 heteroatoms. The highest BCUT2D eigenvalue weighted by Crippen LogP contribution is 2.28. The number of nitrogens with one attached hydrogen (secondary N) is 1. The van der Waals surface area contributed by atoms with Crippen molar-refractivity contribution in [2.45, 2.75) is 26.3 Å². The zero-order valence-corrected chi connectivity index (χ0v) is 17.0. The number of pyridine rings is 1. The van der Waals surface area contributed by atoms with Gasteiger partial charge in [-0.3, -0.25) is 19.7 Å². The molecule has 9 nitrogen and oxygen atoms in total. The molecular weight excluding hydrogens is 390 g/mol. The topological polar surface area (TPSA) is 113 Å². The molecular formula is C21H25N3O6. The molecule has 2 rings (SSSR count). The number of unbranched alkanes of at least 4 members (excludes halogenated alkanes) is 1. The largest absolute Gasteiger partial charge is 0.493 e. The molecule has 30 heavy (non-hydrogen) atoms. The van der Waals surface area contributed by atoms with Gasteiger partial charge in [0.15, 0.2) is 11.5 Å². The monoisotopic (exact) mass is 415 g/mol. The van der Waals surface area contributed by atoms with Crippen molar-refractivity contribution in [3.05, 3.63) is 68.6 Å². The lowest BCUT2D eigenvalue weighted by Gasteiger charge is -2.09. The second-order valence-corrected chi connectivity index (χ2v) is 6.35. The molecule has 0 spiro atoms. The van der Waals surface area contributed by atoms with Gasteiger partial charge in [-0.1, -0.05) is 6.07 Å². The third-order valence-electron chi connectivity index (χ3n) is 4.22. The van der Waals surface area contributed by atoms with Gasteiger partial charge in [-0.05, 0) is 43.5 Å². The lowest BCUT2D eigenvalue weighted by molar-refractivity contribution is -0.385. The molecule has 0 aliphatic heterocycles. The molecule has 0 saturated carbocycles. The van der Waals surface area contributed by atoms with Crippen LogP contribution in [0, 0.1) is 10.1 Å². The summed E-state index contributed by atoms with van der Waals surface area (Å²) in [4.78, 5) is 33.9. The van der Waals surface area contributed by atoms with Crippen molar-refractivity contribution in [1.82, 2.24) is 9.88 Å². The average molecular weight is 415 g/mol. The Bertz CT molecular complexity index is 967. The number of hydrogen-bond donors (Lipinski definition) is 1. The number of carbonyl (C=O) groups excluding carboxylic acids is 1. The van der Waals surface area contributed by atoms with Crippen molar-refractivity contribution in [2.24, 2.45) is 0 Å². The van der Waals surface area contributed by atoms with Crippen LogP contribution in [-0.4, -0.2) is 35.7 Å². The number of methoxy groups -OCH3 is 1. The molecule has 160 valence electrons. The van der Waals surface area contributed by atoms with Gasteiger partial charge in [0.05, 0.1) is 24.8 Å². The number of nitrogens with zero attached hydrogens (tertiary/aromatic N) is 2. The zero-order chi connectivity index (χ0) is 21.9. The van der Waals surface area contributed by atoms with Crippen LogP contribution in [-0.2, 0) is 11.3 Å². The molecule has 0 bridgehead atoms. The molecule has 0 radical (unpaired) electrons. The van der Waals surface area contributed by atoms with E-state index in [1.165, 1.54) is 29.0 Å². The van der Waals surface area contributed by atoms with Crippen LogP contribution >= 0.6 is 0 Å². The Morgan fingerprint density at radius 2 is 2.03 bits per heavy atom. The van der Waals surface area contributed by atoms with Gasteiger partial charge < -0.3 is 19.4 Å². The zero-order valence-electron chi connectivity index (χ0n) is 17.0. The van der Waals surface area contributed by atoms with Crippen LogP contribution in [0.1, 0.15) is 25.3 Å². The number of hydrogen-bond acceptors (Lipinski definition) is 6. The number of aromatic nitrogens is 1. The first-order valence-electron chi connectivity index (χ1n) is 9.56. The number of amides is 1. The molecule has 1 aromatic carbocycles. The van der Waals surface area contributed by atoms with Gasteiger partial charge in [-0.25, -0.2) is 0 Å². The molecule has 0 saturated heterocycles. The van der Waals surface area contributed by atoms with Crippen LogP contribution in [0.3, 0.4) is 0 Å². The Balaban J connectivity index is 1.78. The molecule has 0 unspecified atom stereocenters. The molecule has 1 N–H and O–H groups in total. The fourth-order valence-electron chi connectivity index (χ4n) is 2.71. The molecule has 0 atom stereocenters. The predicted molar refractivity (Wildman–Crippen MR) is 113 cm³/mol. The molecule has 1 heterocycles. The fourth-order valence-corrected chi connectivity index (χ4v) is 2.71. The summed E-state index contributed by atoms with van der Waals surface area (Å²) in [5.74, 6) is 0.996. The minimum Gasteiger partial charge on any atom is -0.493 e. The van der Waals surface area contributed by atoms with Crippen molar-refractivity contribution in [3.8, 4) is 11.5 Å². The van der Waals surface area contributed by atoms with Crippen LogP contribution in [0.2, 0.25) is 0 Å². The van der Waals surface area contributed by atoms with E-state index in [0.29, 0.717) is 44.0 Å². The van der Waals surface area contributed by atoms with Crippen LogP contribution in [0.15, 0.2) is 47.4 Å². The molecule has 0 aliphatic carbocycles. The van der Waals surface area contributed by atoms with Crippen LogP contribution in [0.4, 0.5) is 5.69 Å². The van der Waals surface area contributed by atoms with Crippen molar-refractivity contribution in [3.63, 3.8) is 0 Å². The summed E-state index contributed by atoms with van der Waals surface area (Å²) < 4.78 is 12.0. The smallest absolute Gasteiger partial charge is 0.285 e. The lowest BCUT2D eigenvalue weighted by Crippen LogP contribution is -2.23. The van der Waals surface area contributed by atoms with Gasteiger partial charge in [0.1, 0.15) is 0 Å². The summed E-state index contributed by atoms with van der Waals surface area (Å²) in [5.41, 5.74) is 0.382. The fraction of sp³-hybridized carbons (Fsp3) is 0.333. The molecule has 2 aromatic rings. The van der Waals surface area contributed by atoms with E-state index in [9.17, 15) is 19.7 Å². The third kappa shape index (κ3) is 6.77. The minimum absolute atomic E-state index is 0.126. The molecule has 0 aliphatic rings. The maximum atomic E-state index is 12.0. The highest BCUT2D eigenvalue weighted by Gasteiger charge is 2.07. The minimum atomic E-state index is -0.539.